The van der Waals surface area contributed by atoms with Crippen LogP contribution in [0.2, 0.25) is 0 Å². The molecule has 0 bridgehead atoms. The van der Waals surface area contributed by atoms with Gasteiger partial charge in [0.1, 0.15) is 5.82 Å². The SMILES string of the molecule is CC(C)c1cc(Br)c(F)c(C2(N)CCCCC2)c1. The molecule has 0 spiro atoms. The van der Waals surface area contributed by atoms with Crippen molar-refractivity contribution in [2.24, 2.45) is 5.73 Å². The topological polar surface area (TPSA) is 26.0 Å². The van der Waals surface area contributed by atoms with Gasteiger partial charge in [-0.15, -0.1) is 0 Å². The van der Waals surface area contributed by atoms with Crippen LogP contribution in [0.1, 0.15) is 63.0 Å². The van der Waals surface area contributed by atoms with Gasteiger partial charge in [0.25, 0.3) is 0 Å². The van der Waals surface area contributed by atoms with E-state index in [-0.39, 0.29) is 5.82 Å². The number of hydrogen-bond acceptors (Lipinski definition) is 1. The average Bonchev–Trinajstić information content (AvgIpc) is 2.33. The first-order valence-electron chi connectivity index (χ1n) is 6.72. The van der Waals surface area contributed by atoms with E-state index in [9.17, 15) is 4.39 Å². The molecule has 0 saturated heterocycles. The second-order valence-electron chi connectivity index (χ2n) is 5.74. The van der Waals surface area contributed by atoms with Gasteiger partial charge in [-0.3, -0.25) is 0 Å². The lowest BCUT2D eigenvalue weighted by atomic mass is 9.76. The fourth-order valence-electron chi connectivity index (χ4n) is 2.76. The zero-order valence-electron chi connectivity index (χ0n) is 11.1. The maximum absolute atomic E-state index is 14.3. The van der Waals surface area contributed by atoms with E-state index in [0.717, 1.165) is 31.2 Å². The molecule has 0 radical (unpaired) electrons. The van der Waals surface area contributed by atoms with Crippen molar-refractivity contribution in [2.45, 2.75) is 57.4 Å². The van der Waals surface area contributed by atoms with E-state index in [1.54, 1.807) is 0 Å². The van der Waals surface area contributed by atoms with E-state index in [4.69, 9.17) is 5.73 Å². The van der Waals surface area contributed by atoms with Crippen molar-refractivity contribution < 1.29 is 4.39 Å². The van der Waals surface area contributed by atoms with Crippen LogP contribution in [0.15, 0.2) is 16.6 Å². The van der Waals surface area contributed by atoms with Crippen LogP contribution in [0, 0.1) is 5.82 Å². The highest BCUT2D eigenvalue weighted by atomic mass is 79.9. The summed E-state index contributed by atoms with van der Waals surface area (Å²) in [5, 5.41) is 0. The maximum atomic E-state index is 14.3. The van der Waals surface area contributed by atoms with E-state index in [2.05, 4.69) is 29.8 Å². The van der Waals surface area contributed by atoms with Crippen LogP contribution in [0.3, 0.4) is 0 Å². The summed E-state index contributed by atoms with van der Waals surface area (Å²) < 4.78 is 14.9. The summed E-state index contributed by atoms with van der Waals surface area (Å²) in [5.41, 5.74) is 7.82. The van der Waals surface area contributed by atoms with Gasteiger partial charge in [0.2, 0.25) is 0 Å². The molecule has 1 nitrogen and oxygen atoms in total. The molecule has 18 heavy (non-hydrogen) atoms. The summed E-state index contributed by atoms with van der Waals surface area (Å²) in [5.74, 6) is 0.205. The molecule has 1 saturated carbocycles. The van der Waals surface area contributed by atoms with Gasteiger partial charge in [0.05, 0.1) is 4.47 Å². The van der Waals surface area contributed by atoms with Crippen molar-refractivity contribution in [3.8, 4) is 0 Å². The van der Waals surface area contributed by atoms with Gasteiger partial charge in [-0.25, -0.2) is 4.39 Å². The highest BCUT2D eigenvalue weighted by molar-refractivity contribution is 9.10. The first-order chi connectivity index (χ1) is 8.44. The Hall–Kier alpha value is -0.410. The molecule has 0 heterocycles. The quantitative estimate of drug-likeness (QED) is 0.831. The molecule has 0 aromatic heterocycles. The molecule has 1 aromatic carbocycles. The summed E-state index contributed by atoms with van der Waals surface area (Å²) in [6.07, 6.45) is 5.18. The Morgan fingerprint density at radius 2 is 1.83 bits per heavy atom. The van der Waals surface area contributed by atoms with Crippen molar-refractivity contribution in [1.82, 2.24) is 0 Å². The zero-order chi connectivity index (χ0) is 13.3. The van der Waals surface area contributed by atoms with Crippen LogP contribution in [-0.4, -0.2) is 0 Å². The van der Waals surface area contributed by atoms with Gasteiger partial charge in [-0.2, -0.15) is 0 Å². The minimum Gasteiger partial charge on any atom is -0.321 e. The Bertz CT molecular complexity index is 436. The number of benzene rings is 1. The Morgan fingerprint density at radius 1 is 1.22 bits per heavy atom. The zero-order valence-corrected chi connectivity index (χ0v) is 12.7. The Morgan fingerprint density at radius 3 is 2.39 bits per heavy atom. The minimum atomic E-state index is -0.476. The molecule has 1 aromatic rings. The molecule has 1 aliphatic rings. The van der Waals surface area contributed by atoms with Gasteiger partial charge >= 0.3 is 0 Å². The minimum absolute atomic E-state index is 0.177. The third-order valence-electron chi connectivity index (χ3n) is 4.00. The van der Waals surface area contributed by atoms with Crippen molar-refractivity contribution in [3.63, 3.8) is 0 Å². The molecule has 3 heteroatoms. The maximum Gasteiger partial charge on any atom is 0.142 e. The van der Waals surface area contributed by atoms with E-state index in [0.29, 0.717) is 16.0 Å². The highest BCUT2D eigenvalue weighted by Crippen LogP contribution is 2.39. The summed E-state index contributed by atoms with van der Waals surface area (Å²) in [6.45, 7) is 4.24. The van der Waals surface area contributed by atoms with Crippen molar-refractivity contribution in [1.29, 1.82) is 0 Å². The van der Waals surface area contributed by atoms with Crippen LogP contribution in [0.4, 0.5) is 4.39 Å². The van der Waals surface area contributed by atoms with Crippen LogP contribution in [0.5, 0.6) is 0 Å². The lowest BCUT2D eigenvalue weighted by Gasteiger charge is -2.35. The Balaban J connectivity index is 2.48. The average molecular weight is 314 g/mol. The number of rotatable bonds is 2. The molecule has 100 valence electrons. The molecule has 0 aliphatic heterocycles. The van der Waals surface area contributed by atoms with Crippen molar-refractivity contribution in [2.75, 3.05) is 0 Å². The highest BCUT2D eigenvalue weighted by Gasteiger charge is 2.33. The predicted octanol–water partition coefficient (Wildman–Crippen LogP) is 4.83. The molecule has 0 unspecified atom stereocenters. The van der Waals surface area contributed by atoms with Crippen molar-refractivity contribution in [3.05, 3.63) is 33.5 Å². The molecule has 1 aliphatic carbocycles. The van der Waals surface area contributed by atoms with E-state index in [1.165, 1.54) is 6.42 Å². The van der Waals surface area contributed by atoms with Gasteiger partial charge in [-0.1, -0.05) is 39.2 Å². The molecular weight excluding hydrogens is 293 g/mol. The third kappa shape index (κ3) is 2.62. The summed E-state index contributed by atoms with van der Waals surface area (Å²) in [7, 11) is 0. The molecular formula is C15H21BrFN. The summed E-state index contributed by atoms with van der Waals surface area (Å²) in [4.78, 5) is 0. The van der Waals surface area contributed by atoms with Gasteiger partial charge in [0.15, 0.2) is 0 Å². The van der Waals surface area contributed by atoms with E-state index in [1.807, 2.05) is 12.1 Å². The first kappa shape index (κ1) is 14.0. The van der Waals surface area contributed by atoms with Gasteiger partial charge in [-0.05, 0) is 46.3 Å². The first-order valence-corrected chi connectivity index (χ1v) is 7.51. The fourth-order valence-corrected chi connectivity index (χ4v) is 3.24. The van der Waals surface area contributed by atoms with E-state index < -0.39 is 5.54 Å². The second kappa shape index (κ2) is 5.30. The lowest BCUT2D eigenvalue weighted by molar-refractivity contribution is 0.292. The third-order valence-corrected chi connectivity index (χ3v) is 4.58. The molecule has 0 atom stereocenters. The number of halogens is 2. The molecule has 1 fully saturated rings. The van der Waals surface area contributed by atoms with Crippen LogP contribution in [-0.2, 0) is 5.54 Å². The Kier molecular flexibility index (Phi) is 4.12. The smallest absolute Gasteiger partial charge is 0.142 e. The summed E-state index contributed by atoms with van der Waals surface area (Å²) >= 11 is 3.33. The van der Waals surface area contributed by atoms with Crippen LogP contribution in [0.25, 0.3) is 0 Å². The lowest BCUT2D eigenvalue weighted by Crippen LogP contribution is -2.39. The second-order valence-corrected chi connectivity index (χ2v) is 6.59. The largest absolute Gasteiger partial charge is 0.321 e. The van der Waals surface area contributed by atoms with Crippen LogP contribution < -0.4 is 5.73 Å². The Labute approximate surface area is 117 Å². The molecule has 2 rings (SSSR count). The summed E-state index contributed by atoms with van der Waals surface area (Å²) in [6, 6.07) is 3.84. The standard InChI is InChI=1S/C15H21BrFN/c1-10(2)11-8-12(14(17)13(16)9-11)15(18)6-4-3-5-7-15/h8-10H,3-7,18H2,1-2H3. The van der Waals surface area contributed by atoms with Crippen molar-refractivity contribution >= 4 is 15.9 Å². The normalized spacial score (nSPS) is 19.2. The van der Waals surface area contributed by atoms with E-state index >= 15 is 0 Å². The fraction of sp³-hybridized carbons (Fsp3) is 0.600. The number of hydrogen-bond donors (Lipinski definition) is 1. The molecule has 2 N–H and O–H groups in total. The number of nitrogens with two attached hydrogens (primary N) is 1. The predicted molar refractivity (Wildman–Crippen MR) is 77.1 cm³/mol. The van der Waals surface area contributed by atoms with Gasteiger partial charge < -0.3 is 5.73 Å². The van der Waals surface area contributed by atoms with Gasteiger partial charge in [0, 0.05) is 11.1 Å². The monoisotopic (exact) mass is 313 g/mol. The molecule has 0 amide bonds. The van der Waals surface area contributed by atoms with Crippen LogP contribution >= 0.6 is 15.9 Å².